The molecule has 2 heterocycles. The zero-order valence-corrected chi connectivity index (χ0v) is 15.5. The Morgan fingerprint density at radius 3 is 2.60 bits per heavy atom. The quantitative estimate of drug-likeness (QED) is 0.905. The highest BCUT2D eigenvalue weighted by atomic mass is 16.1. The molecule has 3 rings (SSSR count). The van der Waals surface area contributed by atoms with Crippen LogP contribution in [0, 0.1) is 19.8 Å². The molecular formula is C20H28N4O. The van der Waals surface area contributed by atoms with Crippen LogP contribution < -0.4 is 5.73 Å². The van der Waals surface area contributed by atoms with Crippen LogP contribution in [-0.4, -0.2) is 20.7 Å². The number of rotatable bonds is 5. The Balaban J connectivity index is 1.62. The highest BCUT2D eigenvalue weighted by Crippen LogP contribution is 2.36. The summed E-state index contributed by atoms with van der Waals surface area (Å²) in [6.45, 7) is 7.13. The molecule has 0 radical (unpaired) electrons. The van der Waals surface area contributed by atoms with Crippen molar-refractivity contribution in [3.05, 3.63) is 46.5 Å². The summed E-state index contributed by atoms with van der Waals surface area (Å²) in [7, 11) is 0. The Morgan fingerprint density at radius 1 is 1.28 bits per heavy atom. The number of hydrogen-bond donors (Lipinski definition) is 1. The number of amides is 1. The first kappa shape index (κ1) is 17.6. The second-order valence-corrected chi connectivity index (χ2v) is 7.32. The van der Waals surface area contributed by atoms with Gasteiger partial charge in [0, 0.05) is 24.6 Å². The van der Waals surface area contributed by atoms with E-state index >= 15 is 0 Å². The predicted molar refractivity (Wildman–Crippen MR) is 98.5 cm³/mol. The number of nitrogens with zero attached hydrogens (tertiary/aromatic N) is 3. The molecule has 5 nitrogen and oxygen atoms in total. The van der Waals surface area contributed by atoms with E-state index in [-0.39, 0.29) is 5.91 Å². The van der Waals surface area contributed by atoms with E-state index in [4.69, 9.17) is 10.8 Å². The summed E-state index contributed by atoms with van der Waals surface area (Å²) in [5.74, 6) is 0.767. The highest BCUT2D eigenvalue weighted by molar-refractivity contribution is 5.93. The van der Waals surface area contributed by atoms with Gasteiger partial charge in [0.05, 0.1) is 11.3 Å². The Bertz CT molecular complexity index is 757. The van der Waals surface area contributed by atoms with Gasteiger partial charge < -0.3 is 5.73 Å². The number of nitrogens with two attached hydrogens (primary N) is 1. The number of carbonyl (C=O) groups excluding carboxylic acids is 1. The third-order valence-electron chi connectivity index (χ3n) is 5.52. The van der Waals surface area contributed by atoms with Crippen LogP contribution in [0.2, 0.25) is 0 Å². The van der Waals surface area contributed by atoms with Crippen molar-refractivity contribution in [3.63, 3.8) is 0 Å². The Kier molecular flexibility index (Phi) is 5.21. The minimum atomic E-state index is -0.388. The largest absolute Gasteiger partial charge is 0.366 e. The zero-order valence-electron chi connectivity index (χ0n) is 15.5. The van der Waals surface area contributed by atoms with Crippen molar-refractivity contribution in [1.82, 2.24) is 14.8 Å². The number of hydrogen-bond acceptors (Lipinski definition) is 3. The Hall–Kier alpha value is -2.17. The molecule has 1 saturated carbocycles. The molecular weight excluding hydrogens is 312 g/mol. The SMILES string of the molecule is CCc1nn(C[C@H]2CC[C@H](c3cnc(C)c(C(N)=O)c3)CC2)cc1C. The Morgan fingerprint density at radius 2 is 2.00 bits per heavy atom. The van der Waals surface area contributed by atoms with Gasteiger partial charge in [-0.2, -0.15) is 5.10 Å². The van der Waals surface area contributed by atoms with Gasteiger partial charge in [0.25, 0.3) is 5.91 Å². The van der Waals surface area contributed by atoms with Crippen LogP contribution in [0.4, 0.5) is 0 Å². The third kappa shape index (κ3) is 3.91. The van der Waals surface area contributed by atoms with Crippen molar-refractivity contribution < 1.29 is 4.79 Å². The van der Waals surface area contributed by atoms with Gasteiger partial charge in [-0.15, -0.1) is 0 Å². The summed E-state index contributed by atoms with van der Waals surface area (Å²) < 4.78 is 2.12. The van der Waals surface area contributed by atoms with Crippen molar-refractivity contribution in [2.45, 2.75) is 65.3 Å². The maximum atomic E-state index is 11.5. The first-order valence-electron chi connectivity index (χ1n) is 9.27. The van der Waals surface area contributed by atoms with Crippen LogP contribution in [0.5, 0.6) is 0 Å². The molecule has 0 saturated heterocycles. The average molecular weight is 340 g/mol. The molecule has 1 fully saturated rings. The van der Waals surface area contributed by atoms with Crippen LogP contribution in [0.15, 0.2) is 18.5 Å². The predicted octanol–water partition coefficient (Wildman–Crippen LogP) is 3.53. The van der Waals surface area contributed by atoms with Crippen LogP contribution in [0.3, 0.4) is 0 Å². The standard InChI is InChI=1S/C20H28N4O/c1-4-19-13(2)11-24(23-19)12-15-5-7-16(8-6-15)17-9-18(20(21)25)14(3)22-10-17/h9-11,15-16H,4-8,12H2,1-3H3,(H2,21,25)/t15-,16-. The summed E-state index contributed by atoms with van der Waals surface area (Å²) in [5, 5.41) is 4.70. The lowest BCUT2D eigenvalue weighted by Crippen LogP contribution is -2.20. The van der Waals surface area contributed by atoms with Crippen LogP contribution >= 0.6 is 0 Å². The van der Waals surface area contributed by atoms with Crippen LogP contribution in [-0.2, 0) is 13.0 Å². The van der Waals surface area contributed by atoms with E-state index in [0.29, 0.717) is 23.1 Å². The molecule has 1 amide bonds. The first-order chi connectivity index (χ1) is 12.0. The second kappa shape index (κ2) is 7.38. The molecule has 2 aromatic heterocycles. The molecule has 0 aromatic carbocycles. The molecule has 1 aliphatic carbocycles. The van der Waals surface area contributed by atoms with Gasteiger partial charge in [0.2, 0.25) is 0 Å². The lowest BCUT2D eigenvalue weighted by Gasteiger charge is -2.28. The van der Waals surface area contributed by atoms with Gasteiger partial charge in [-0.3, -0.25) is 14.5 Å². The maximum Gasteiger partial charge on any atom is 0.250 e. The molecule has 25 heavy (non-hydrogen) atoms. The van der Waals surface area contributed by atoms with E-state index in [0.717, 1.165) is 31.4 Å². The highest BCUT2D eigenvalue weighted by Gasteiger charge is 2.24. The van der Waals surface area contributed by atoms with Crippen molar-refractivity contribution in [1.29, 1.82) is 0 Å². The fraction of sp³-hybridized carbons (Fsp3) is 0.550. The zero-order chi connectivity index (χ0) is 18.0. The summed E-state index contributed by atoms with van der Waals surface area (Å²) in [4.78, 5) is 15.9. The summed E-state index contributed by atoms with van der Waals surface area (Å²) >= 11 is 0. The molecule has 2 aromatic rings. The molecule has 1 aliphatic rings. The van der Waals surface area contributed by atoms with Gasteiger partial charge in [-0.25, -0.2) is 0 Å². The van der Waals surface area contributed by atoms with Crippen molar-refractivity contribution in [2.75, 3.05) is 0 Å². The number of pyridine rings is 1. The molecule has 134 valence electrons. The summed E-state index contributed by atoms with van der Waals surface area (Å²) in [6.07, 6.45) is 9.72. The van der Waals surface area contributed by atoms with Crippen molar-refractivity contribution in [3.8, 4) is 0 Å². The van der Waals surface area contributed by atoms with Gasteiger partial charge >= 0.3 is 0 Å². The van der Waals surface area contributed by atoms with E-state index < -0.39 is 0 Å². The lowest BCUT2D eigenvalue weighted by atomic mass is 9.79. The lowest BCUT2D eigenvalue weighted by molar-refractivity contribution is 0.0999. The minimum Gasteiger partial charge on any atom is -0.366 e. The fourth-order valence-electron chi connectivity index (χ4n) is 3.97. The summed E-state index contributed by atoms with van der Waals surface area (Å²) in [5.41, 5.74) is 10.4. The van der Waals surface area contributed by atoms with Gasteiger partial charge in [-0.05, 0) is 75.0 Å². The summed E-state index contributed by atoms with van der Waals surface area (Å²) in [6, 6.07) is 1.94. The van der Waals surface area contributed by atoms with Crippen molar-refractivity contribution in [2.24, 2.45) is 11.7 Å². The van der Waals surface area contributed by atoms with Crippen LogP contribution in [0.25, 0.3) is 0 Å². The minimum absolute atomic E-state index is 0.388. The fourth-order valence-corrected chi connectivity index (χ4v) is 3.97. The molecule has 2 N–H and O–H groups in total. The number of primary amides is 1. The van der Waals surface area contributed by atoms with Crippen molar-refractivity contribution >= 4 is 5.91 Å². The third-order valence-corrected chi connectivity index (χ3v) is 5.52. The topological polar surface area (TPSA) is 73.8 Å². The van der Waals surface area contributed by atoms with E-state index in [1.165, 1.54) is 24.1 Å². The molecule has 0 aliphatic heterocycles. The molecule has 0 bridgehead atoms. The smallest absolute Gasteiger partial charge is 0.250 e. The first-order valence-corrected chi connectivity index (χ1v) is 9.27. The molecule has 0 atom stereocenters. The number of aryl methyl sites for hydroxylation is 3. The van der Waals surface area contributed by atoms with Gasteiger partial charge in [0.15, 0.2) is 0 Å². The van der Waals surface area contributed by atoms with E-state index in [9.17, 15) is 4.79 Å². The van der Waals surface area contributed by atoms with Crippen LogP contribution in [0.1, 0.15) is 71.4 Å². The normalized spacial score (nSPS) is 20.6. The van der Waals surface area contributed by atoms with Gasteiger partial charge in [-0.1, -0.05) is 6.92 Å². The van der Waals surface area contributed by atoms with Gasteiger partial charge in [0.1, 0.15) is 0 Å². The molecule has 0 unspecified atom stereocenters. The number of aromatic nitrogens is 3. The molecule has 5 heteroatoms. The average Bonchev–Trinajstić information content (AvgIpc) is 2.95. The van der Waals surface area contributed by atoms with E-state index in [1.807, 2.05) is 19.2 Å². The Labute approximate surface area is 149 Å². The molecule has 0 spiro atoms. The second-order valence-electron chi connectivity index (χ2n) is 7.32. The van der Waals surface area contributed by atoms with E-state index in [1.54, 1.807) is 0 Å². The maximum absolute atomic E-state index is 11.5. The van der Waals surface area contributed by atoms with E-state index in [2.05, 4.69) is 29.7 Å². The number of carbonyl (C=O) groups is 1. The monoisotopic (exact) mass is 340 g/mol.